The lowest BCUT2D eigenvalue weighted by atomic mass is 9.99. The minimum Gasteiger partial charge on any atom is -0.381 e. The number of aromatic nitrogens is 5. The predicted octanol–water partition coefficient (Wildman–Crippen LogP) is 2.22. The van der Waals surface area contributed by atoms with E-state index in [0.29, 0.717) is 11.7 Å². The Balaban J connectivity index is 1.34. The Bertz CT molecular complexity index is 908. The average molecular weight is 351 g/mol. The van der Waals surface area contributed by atoms with Crippen molar-refractivity contribution >= 4 is 11.4 Å². The van der Waals surface area contributed by atoms with Gasteiger partial charge in [0.15, 0.2) is 0 Å². The third kappa shape index (κ3) is 2.61. The first-order valence-electron chi connectivity index (χ1n) is 9.07. The first kappa shape index (κ1) is 15.4. The molecule has 5 rings (SSSR count). The van der Waals surface area contributed by atoms with Gasteiger partial charge in [-0.2, -0.15) is 10.1 Å². The third-order valence-electron chi connectivity index (χ3n) is 5.28. The van der Waals surface area contributed by atoms with Gasteiger partial charge in [0, 0.05) is 33.1 Å². The van der Waals surface area contributed by atoms with Crippen LogP contribution in [-0.4, -0.2) is 44.5 Å². The Hall–Kier alpha value is -2.90. The number of rotatable bonds is 3. The van der Waals surface area contributed by atoms with Crippen LogP contribution in [0.5, 0.6) is 0 Å². The lowest BCUT2D eigenvalue weighted by molar-refractivity contribution is 0.352. The normalized spacial score (nSPS) is 19.4. The Morgan fingerprint density at radius 1 is 1.19 bits per heavy atom. The van der Waals surface area contributed by atoms with Gasteiger partial charge in [0.05, 0.1) is 35.4 Å². The third-order valence-corrected chi connectivity index (χ3v) is 5.28. The molecule has 26 heavy (non-hydrogen) atoms. The van der Waals surface area contributed by atoms with Crippen LogP contribution in [0.2, 0.25) is 0 Å². The molecule has 1 fully saturated rings. The second kappa shape index (κ2) is 6.12. The predicted molar refractivity (Wildman–Crippen MR) is 97.1 cm³/mol. The molecule has 8 heteroatoms. The Morgan fingerprint density at radius 3 is 2.88 bits per heavy atom. The van der Waals surface area contributed by atoms with E-state index in [9.17, 15) is 0 Å². The second-order valence-corrected chi connectivity index (χ2v) is 6.96. The van der Waals surface area contributed by atoms with E-state index in [1.165, 1.54) is 12.8 Å². The smallest absolute Gasteiger partial charge is 0.232 e. The maximum Gasteiger partial charge on any atom is 0.232 e. The Labute approximate surface area is 151 Å². The molecule has 1 unspecified atom stereocenters. The van der Waals surface area contributed by atoms with Crippen LogP contribution in [0.25, 0.3) is 11.5 Å². The van der Waals surface area contributed by atoms with Crippen LogP contribution in [0.15, 0.2) is 29.0 Å². The lowest BCUT2D eigenvalue weighted by Gasteiger charge is -2.21. The molecule has 1 saturated heterocycles. The molecule has 1 N–H and O–H groups in total. The number of pyridine rings is 1. The topological polar surface area (TPSA) is 84.9 Å². The zero-order chi connectivity index (χ0) is 17.5. The van der Waals surface area contributed by atoms with Crippen LogP contribution >= 0.6 is 0 Å². The lowest BCUT2D eigenvalue weighted by Crippen LogP contribution is -2.22. The fourth-order valence-corrected chi connectivity index (χ4v) is 3.75. The van der Waals surface area contributed by atoms with E-state index in [2.05, 4.69) is 36.5 Å². The van der Waals surface area contributed by atoms with Crippen molar-refractivity contribution < 1.29 is 4.52 Å². The largest absolute Gasteiger partial charge is 0.381 e. The van der Waals surface area contributed by atoms with E-state index in [1.807, 2.05) is 30.2 Å². The molecule has 8 nitrogen and oxygen atoms in total. The van der Waals surface area contributed by atoms with Crippen LogP contribution in [-0.2, 0) is 13.5 Å². The van der Waals surface area contributed by atoms with Gasteiger partial charge >= 0.3 is 0 Å². The summed E-state index contributed by atoms with van der Waals surface area (Å²) in [5, 5.41) is 11.8. The Morgan fingerprint density at radius 2 is 2.08 bits per heavy atom. The summed E-state index contributed by atoms with van der Waals surface area (Å²) in [7, 11) is 1.95. The highest BCUT2D eigenvalue weighted by atomic mass is 16.5. The summed E-state index contributed by atoms with van der Waals surface area (Å²) in [5.74, 6) is 1.33. The minimum absolute atomic E-state index is 0.142. The van der Waals surface area contributed by atoms with Crippen molar-refractivity contribution in [1.82, 2.24) is 24.9 Å². The van der Waals surface area contributed by atoms with Crippen LogP contribution in [0.4, 0.5) is 11.4 Å². The van der Waals surface area contributed by atoms with Crippen LogP contribution in [0.1, 0.15) is 30.3 Å². The second-order valence-electron chi connectivity index (χ2n) is 6.96. The van der Waals surface area contributed by atoms with Gasteiger partial charge in [-0.25, -0.2) is 0 Å². The van der Waals surface area contributed by atoms with Crippen molar-refractivity contribution in [2.24, 2.45) is 7.05 Å². The van der Waals surface area contributed by atoms with Gasteiger partial charge in [-0.15, -0.1) is 0 Å². The zero-order valence-corrected chi connectivity index (χ0v) is 14.7. The number of fused-ring (bicyclic) bond motifs is 1. The molecule has 0 spiro atoms. The van der Waals surface area contributed by atoms with Gasteiger partial charge in [0.25, 0.3) is 0 Å². The van der Waals surface area contributed by atoms with Gasteiger partial charge in [0.2, 0.25) is 11.7 Å². The summed E-state index contributed by atoms with van der Waals surface area (Å²) < 4.78 is 7.43. The molecule has 0 amide bonds. The highest BCUT2D eigenvalue weighted by Crippen LogP contribution is 2.30. The molecule has 0 aromatic carbocycles. The average Bonchev–Trinajstić information content (AvgIpc) is 3.43. The van der Waals surface area contributed by atoms with E-state index in [1.54, 1.807) is 0 Å². The Kier molecular flexibility index (Phi) is 3.62. The van der Waals surface area contributed by atoms with Crippen LogP contribution in [0, 0.1) is 0 Å². The first-order valence-corrected chi connectivity index (χ1v) is 9.07. The minimum atomic E-state index is 0.142. The quantitative estimate of drug-likeness (QED) is 0.774. The maximum absolute atomic E-state index is 5.54. The van der Waals surface area contributed by atoms with Gasteiger partial charge in [-0.1, -0.05) is 5.16 Å². The SMILES string of the molecule is Cn1ncc2c1CC(c1nc(-c3ccc(N4CCCC4)cn3)no1)CN2. The molecule has 3 aromatic rings. The van der Waals surface area contributed by atoms with E-state index >= 15 is 0 Å². The summed E-state index contributed by atoms with van der Waals surface area (Å²) in [6.45, 7) is 2.98. The summed E-state index contributed by atoms with van der Waals surface area (Å²) >= 11 is 0. The molecule has 0 radical (unpaired) electrons. The van der Waals surface area contributed by atoms with E-state index in [0.717, 1.165) is 48.8 Å². The molecule has 0 aliphatic carbocycles. The number of hydrogen-bond donors (Lipinski definition) is 1. The van der Waals surface area contributed by atoms with Crippen molar-refractivity contribution in [2.75, 3.05) is 29.9 Å². The number of nitrogens with one attached hydrogen (secondary N) is 1. The standard InChI is InChI=1S/C18H21N7O/c1-24-16-8-12(9-19-15(16)11-21-24)18-22-17(23-26-18)14-5-4-13(10-20-14)25-6-2-3-7-25/h4-5,10-12,19H,2-3,6-9H2,1H3. The molecule has 0 saturated carbocycles. The molecule has 2 aliphatic rings. The fourth-order valence-electron chi connectivity index (χ4n) is 3.75. The monoisotopic (exact) mass is 351 g/mol. The number of aryl methyl sites for hydroxylation is 1. The maximum atomic E-state index is 5.54. The molecule has 5 heterocycles. The van der Waals surface area contributed by atoms with Crippen molar-refractivity contribution in [3.05, 3.63) is 36.1 Å². The van der Waals surface area contributed by atoms with Gasteiger partial charge < -0.3 is 14.7 Å². The molecule has 1 atom stereocenters. The van der Waals surface area contributed by atoms with Crippen molar-refractivity contribution in [3.63, 3.8) is 0 Å². The zero-order valence-electron chi connectivity index (χ0n) is 14.7. The summed E-state index contributed by atoms with van der Waals surface area (Å²) in [4.78, 5) is 11.5. The molecular weight excluding hydrogens is 330 g/mol. The van der Waals surface area contributed by atoms with Crippen molar-refractivity contribution in [2.45, 2.75) is 25.2 Å². The van der Waals surface area contributed by atoms with E-state index in [4.69, 9.17) is 4.52 Å². The van der Waals surface area contributed by atoms with Gasteiger partial charge in [-0.05, 0) is 25.0 Å². The summed E-state index contributed by atoms with van der Waals surface area (Å²) in [5.41, 5.74) is 4.15. The van der Waals surface area contributed by atoms with E-state index in [-0.39, 0.29) is 5.92 Å². The molecule has 3 aromatic heterocycles. The summed E-state index contributed by atoms with van der Waals surface area (Å²) in [6, 6.07) is 4.06. The van der Waals surface area contributed by atoms with Crippen LogP contribution in [0.3, 0.4) is 0 Å². The number of anilines is 2. The molecule has 134 valence electrons. The molecular formula is C18H21N7O. The number of hydrogen-bond acceptors (Lipinski definition) is 7. The van der Waals surface area contributed by atoms with Crippen molar-refractivity contribution in [1.29, 1.82) is 0 Å². The highest BCUT2D eigenvalue weighted by molar-refractivity contribution is 5.55. The molecule has 2 aliphatic heterocycles. The number of nitrogens with zero attached hydrogens (tertiary/aromatic N) is 6. The van der Waals surface area contributed by atoms with E-state index < -0.39 is 0 Å². The fraction of sp³-hybridized carbons (Fsp3) is 0.444. The molecule has 0 bridgehead atoms. The highest BCUT2D eigenvalue weighted by Gasteiger charge is 2.27. The van der Waals surface area contributed by atoms with Crippen molar-refractivity contribution in [3.8, 4) is 11.5 Å². The van der Waals surface area contributed by atoms with Gasteiger partial charge in [0.1, 0.15) is 5.69 Å². The summed E-state index contributed by atoms with van der Waals surface area (Å²) in [6.07, 6.45) is 7.10. The van der Waals surface area contributed by atoms with Gasteiger partial charge in [-0.3, -0.25) is 9.67 Å². The first-order chi connectivity index (χ1) is 12.8. The van der Waals surface area contributed by atoms with Crippen LogP contribution < -0.4 is 10.2 Å².